The lowest BCUT2D eigenvalue weighted by Gasteiger charge is -2.27. The van der Waals surface area contributed by atoms with Crippen molar-refractivity contribution in [2.45, 2.75) is 44.6 Å². The second-order valence-electron chi connectivity index (χ2n) is 8.58. The molecule has 1 saturated carbocycles. The van der Waals surface area contributed by atoms with Crippen molar-refractivity contribution in [2.24, 2.45) is 0 Å². The summed E-state index contributed by atoms with van der Waals surface area (Å²) < 4.78 is 5.83. The monoisotopic (exact) mass is 381 g/mol. The molecule has 5 nitrogen and oxygen atoms in total. The van der Waals surface area contributed by atoms with Gasteiger partial charge in [-0.3, -0.25) is 9.78 Å². The van der Waals surface area contributed by atoms with Gasteiger partial charge in [-0.2, -0.15) is 0 Å². The van der Waals surface area contributed by atoms with Gasteiger partial charge in [0.25, 0.3) is 5.91 Å². The zero-order valence-corrected chi connectivity index (χ0v) is 17.3. The summed E-state index contributed by atoms with van der Waals surface area (Å²) in [6.45, 7) is 5.10. The van der Waals surface area contributed by atoms with Crippen LogP contribution in [0.5, 0.6) is 0 Å². The number of fused-ring (bicyclic) bond motifs is 1. The predicted molar refractivity (Wildman–Crippen MR) is 112 cm³/mol. The number of amides is 1. The number of hydrogen-bond acceptors (Lipinski definition) is 4. The van der Waals surface area contributed by atoms with Gasteiger partial charge in [-0.05, 0) is 64.9 Å². The van der Waals surface area contributed by atoms with E-state index >= 15 is 0 Å². The van der Waals surface area contributed by atoms with Gasteiger partial charge in [0.05, 0.1) is 17.2 Å². The summed E-state index contributed by atoms with van der Waals surface area (Å²) in [4.78, 5) is 22.7. The minimum Gasteiger partial charge on any atom is -0.376 e. The normalized spacial score (nSPS) is 19.5. The largest absolute Gasteiger partial charge is 0.376 e. The zero-order valence-electron chi connectivity index (χ0n) is 17.3. The van der Waals surface area contributed by atoms with Crippen molar-refractivity contribution in [1.29, 1.82) is 0 Å². The van der Waals surface area contributed by atoms with Crippen molar-refractivity contribution in [3.05, 3.63) is 41.1 Å². The second kappa shape index (κ2) is 8.18. The zero-order chi connectivity index (χ0) is 19.7. The molecule has 2 heterocycles. The molecule has 28 heavy (non-hydrogen) atoms. The Morgan fingerprint density at radius 1 is 1.18 bits per heavy atom. The van der Waals surface area contributed by atoms with Crippen LogP contribution in [0.15, 0.2) is 24.3 Å². The fraction of sp³-hybridized carbons (Fsp3) is 0.565. The molecule has 1 aliphatic heterocycles. The molecule has 1 atom stereocenters. The van der Waals surface area contributed by atoms with Gasteiger partial charge in [-0.15, -0.1) is 0 Å². The third-order valence-electron chi connectivity index (χ3n) is 5.76. The third kappa shape index (κ3) is 4.36. The van der Waals surface area contributed by atoms with E-state index in [1.807, 2.05) is 19.0 Å². The predicted octanol–water partition coefficient (Wildman–Crippen LogP) is 3.60. The number of pyridine rings is 1. The van der Waals surface area contributed by atoms with Crippen molar-refractivity contribution >= 4 is 16.8 Å². The van der Waals surface area contributed by atoms with E-state index in [0.717, 1.165) is 53.7 Å². The highest BCUT2D eigenvalue weighted by Gasteiger charge is 2.29. The van der Waals surface area contributed by atoms with Gasteiger partial charge in [-0.1, -0.05) is 11.6 Å². The highest BCUT2D eigenvalue weighted by Crippen LogP contribution is 2.40. The van der Waals surface area contributed by atoms with Crippen LogP contribution in [0.1, 0.15) is 53.2 Å². The Hall–Kier alpha value is -1.98. The molecular weight excluding hydrogens is 350 g/mol. The number of carbonyl (C=O) groups is 1. The van der Waals surface area contributed by atoms with Crippen molar-refractivity contribution < 1.29 is 9.53 Å². The number of nitrogens with zero attached hydrogens (tertiary/aromatic N) is 3. The van der Waals surface area contributed by atoms with Crippen molar-refractivity contribution in [2.75, 3.05) is 40.3 Å². The Balaban J connectivity index is 1.69. The molecular formula is C23H31N3O2. The van der Waals surface area contributed by atoms with Gasteiger partial charge in [-0.25, -0.2) is 0 Å². The van der Waals surface area contributed by atoms with E-state index in [1.54, 1.807) is 0 Å². The number of rotatable bonds is 7. The maximum Gasteiger partial charge on any atom is 0.254 e. The van der Waals surface area contributed by atoms with Crippen LogP contribution in [0, 0.1) is 6.92 Å². The van der Waals surface area contributed by atoms with Crippen LogP contribution in [-0.2, 0) is 4.74 Å². The van der Waals surface area contributed by atoms with Gasteiger partial charge in [0.2, 0.25) is 0 Å². The molecule has 1 aliphatic carbocycles. The van der Waals surface area contributed by atoms with E-state index < -0.39 is 0 Å². The fourth-order valence-electron chi connectivity index (χ4n) is 3.93. The minimum atomic E-state index is 0.109. The van der Waals surface area contributed by atoms with Crippen LogP contribution in [0.2, 0.25) is 0 Å². The summed E-state index contributed by atoms with van der Waals surface area (Å²) in [6.07, 6.45) is 4.64. The van der Waals surface area contributed by atoms with E-state index in [-0.39, 0.29) is 12.0 Å². The lowest BCUT2D eigenvalue weighted by atomic mass is 10.0. The maximum atomic E-state index is 13.7. The van der Waals surface area contributed by atoms with Crippen LogP contribution in [0.4, 0.5) is 0 Å². The molecule has 2 aliphatic rings. The molecule has 150 valence electrons. The number of hydrogen-bond donors (Lipinski definition) is 0. The lowest BCUT2D eigenvalue weighted by Crippen LogP contribution is -2.41. The van der Waals surface area contributed by atoms with E-state index in [1.165, 1.54) is 12.8 Å². The molecule has 1 saturated heterocycles. The Morgan fingerprint density at radius 2 is 2.00 bits per heavy atom. The molecule has 0 bridgehead atoms. The van der Waals surface area contributed by atoms with E-state index in [0.29, 0.717) is 19.0 Å². The standard InChI is InChI=1S/C23H31N3O2/c1-16-6-9-21-19(13-16)20(14-22(24-21)17-7-8-17)23(27)26(11-10-25(2)3)15-18-5-4-12-28-18/h6,9,13-14,17-18H,4-5,7-8,10-12,15H2,1-3H3. The Morgan fingerprint density at radius 3 is 2.68 bits per heavy atom. The maximum absolute atomic E-state index is 13.7. The molecule has 1 unspecified atom stereocenters. The molecule has 4 rings (SSSR count). The Labute approximate surface area is 167 Å². The van der Waals surface area contributed by atoms with Crippen LogP contribution < -0.4 is 0 Å². The summed E-state index contributed by atoms with van der Waals surface area (Å²) in [5, 5.41) is 0.969. The first-order valence-corrected chi connectivity index (χ1v) is 10.5. The van der Waals surface area contributed by atoms with Crippen LogP contribution in [0.3, 0.4) is 0 Å². The van der Waals surface area contributed by atoms with Gasteiger partial charge in [0, 0.05) is 43.2 Å². The topological polar surface area (TPSA) is 45.7 Å². The SMILES string of the molecule is Cc1ccc2nc(C3CC3)cc(C(=O)N(CCN(C)C)CC3CCCO3)c2c1. The number of likely N-dealkylation sites (N-methyl/N-ethyl adjacent to an activating group) is 1. The second-order valence-corrected chi connectivity index (χ2v) is 8.58. The summed E-state index contributed by atoms with van der Waals surface area (Å²) in [5.41, 5.74) is 3.96. The molecule has 5 heteroatoms. The number of carbonyl (C=O) groups excluding carboxylic acids is 1. The Kier molecular flexibility index (Phi) is 5.65. The molecule has 0 spiro atoms. The van der Waals surface area contributed by atoms with Crippen LogP contribution >= 0.6 is 0 Å². The quantitative estimate of drug-likeness (QED) is 0.735. The highest BCUT2D eigenvalue weighted by molar-refractivity contribution is 6.06. The summed E-state index contributed by atoms with van der Waals surface area (Å²) in [6, 6.07) is 8.29. The Bertz CT molecular complexity index is 854. The number of aryl methyl sites for hydroxylation is 1. The number of ether oxygens (including phenoxy) is 1. The number of benzene rings is 1. The molecule has 0 N–H and O–H groups in total. The molecule has 2 fully saturated rings. The first kappa shape index (κ1) is 19.3. The van der Waals surface area contributed by atoms with Crippen molar-refractivity contribution in [1.82, 2.24) is 14.8 Å². The molecule has 1 aromatic heterocycles. The van der Waals surface area contributed by atoms with Crippen molar-refractivity contribution in [3.8, 4) is 0 Å². The van der Waals surface area contributed by atoms with E-state index in [9.17, 15) is 4.79 Å². The van der Waals surface area contributed by atoms with Gasteiger partial charge in [0.1, 0.15) is 0 Å². The first-order chi connectivity index (χ1) is 13.5. The lowest BCUT2D eigenvalue weighted by molar-refractivity contribution is 0.0513. The average Bonchev–Trinajstić information content (AvgIpc) is 3.40. The minimum absolute atomic E-state index is 0.109. The molecule has 1 amide bonds. The summed E-state index contributed by atoms with van der Waals surface area (Å²) in [7, 11) is 4.09. The summed E-state index contributed by atoms with van der Waals surface area (Å²) in [5.74, 6) is 0.628. The van der Waals surface area contributed by atoms with Gasteiger partial charge < -0.3 is 14.5 Å². The van der Waals surface area contributed by atoms with Gasteiger partial charge in [0.15, 0.2) is 0 Å². The van der Waals surface area contributed by atoms with E-state index in [4.69, 9.17) is 9.72 Å². The molecule has 2 aromatic rings. The number of aromatic nitrogens is 1. The molecule has 1 aromatic carbocycles. The van der Waals surface area contributed by atoms with E-state index in [2.05, 4.69) is 36.1 Å². The highest BCUT2D eigenvalue weighted by atomic mass is 16.5. The first-order valence-electron chi connectivity index (χ1n) is 10.5. The van der Waals surface area contributed by atoms with Crippen LogP contribution in [-0.4, -0.2) is 67.1 Å². The van der Waals surface area contributed by atoms with Gasteiger partial charge >= 0.3 is 0 Å². The van der Waals surface area contributed by atoms with Crippen LogP contribution in [0.25, 0.3) is 10.9 Å². The fourth-order valence-corrected chi connectivity index (χ4v) is 3.93. The van der Waals surface area contributed by atoms with Crippen molar-refractivity contribution in [3.63, 3.8) is 0 Å². The molecule has 0 radical (unpaired) electrons. The summed E-state index contributed by atoms with van der Waals surface area (Å²) >= 11 is 0. The third-order valence-corrected chi connectivity index (χ3v) is 5.76. The smallest absolute Gasteiger partial charge is 0.254 e. The average molecular weight is 382 g/mol.